The van der Waals surface area contributed by atoms with Crippen LogP contribution in [0.3, 0.4) is 0 Å². The number of hydrogen-bond donors (Lipinski definition) is 5. The summed E-state index contributed by atoms with van der Waals surface area (Å²) in [5.74, 6) is -2.92. The van der Waals surface area contributed by atoms with E-state index in [1.165, 1.54) is 7.05 Å². The van der Waals surface area contributed by atoms with Gasteiger partial charge in [0, 0.05) is 13.6 Å². The van der Waals surface area contributed by atoms with E-state index in [-0.39, 0.29) is 41.6 Å². The number of rotatable bonds is 12. The molecule has 48 heavy (non-hydrogen) atoms. The Morgan fingerprint density at radius 1 is 1.00 bits per heavy atom. The normalized spacial score (nSPS) is 24.3. The Morgan fingerprint density at radius 2 is 1.62 bits per heavy atom. The predicted molar refractivity (Wildman–Crippen MR) is 176 cm³/mol. The minimum atomic E-state index is -1.10. The summed E-state index contributed by atoms with van der Waals surface area (Å²) in [4.78, 5) is 80.2. The number of hydrogen-bond acceptors (Lipinski definition) is 7. The van der Waals surface area contributed by atoms with E-state index >= 15 is 0 Å². The molecule has 1 heterocycles. The minimum Gasteiger partial charge on any atom is -0.447 e. The molecule has 13 heteroatoms. The fourth-order valence-corrected chi connectivity index (χ4v) is 7.63. The average molecular weight is 667 g/mol. The highest BCUT2D eigenvalue weighted by Crippen LogP contribution is 2.65. The summed E-state index contributed by atoms with van der Waals surface area (Å²) in [6.45, 7) is 10.1. The molecule has 0 aromatic heterocycles. The smallest absolute Gasteiger partial charge is 0.406 e. The van der Waals surface area contributed by atoms with Crippen molar-refractivity contribution < 1.29 is 33.5 Å². The van der Waals surface area contributed by atoms with E-state index < -0.39 is 59.3 Å². The van der Waals surface area contributed by atoms with Crippen LogP contribution in [-0.4, -0.2) is 84.9 Å². The molecule has 0 bridgehead atoms. The lowest BCUT2D eigenvalue weighted by atomic mass is 9.87. The first-order chi connectivity index (χ1) is 22.5. The molecule has 3 fully saturated rings. The lowest BCUT2D eigenvalue weighted by Crippen LogP contribution is -2.61. The third-order valence-corrected chi connectivity index (χ3v) is 10.9. The largest absolute Gasteiger partial charge is 0.447 e. The lowest BCUT2D eigenvalue weighted by Gasteiger charge is -2.36. The highest BCUT2D eigenvalue weighted by molar-refractivity contribution is 6.37. The van der Waals surface area contributed by atoms with Crippen molar-refractivity contribution in [2.45, 2.75) is 90.9 Å². The SMILES string of the molecule is CNC(=O)OCC(NC(=O)N[C@H](C(=O)N1C[C@H]2[C@@H]([C@H]1C(=O)NC(CC1CC1)C(=O)C(N)=O)C2(C)C)C1Cc2ccccc2C1)C(C)(C)C. The summed E-state index contributed by atoms with van der Waals surface area (Å²) < 4.78 is 5.26. The Hall–Kier alpha value is -4.16. The number of Topliss-reactive ketones (excluding diaryl/α,β-unsaturated/α-hetero) is 1. The Kier molecular flexibility index (Phi) is 9.81. The highest BCUT2D eigenvalue weighted by atomic mass is 16.5. The van der Waals surface area contributed by atoms with Gasteiger partial charge < -0.3 is 36.6 Å². The maximum absolute atomic E-state index is 14.6. The van der Waals surface area contributed by atoms with Crippen molar-refractivity contribution in [2.75, 3.05) is 20.2 Å². The van der Waals surface area contributed by atoms with E-state index in [0.29, 0.717) is 25.8 Å². The molecular formula is C35H50N6O7. The van der Waals surface area contributed by atoms with Gasteiger partial charge in [0.2, 0.25) is 17.6 Å². The van der Waals surface area contributed by atoms with Gasteiger partial charge in [-0.2, -0.15) is 0 Å². The van der Waals surface area contributed by atoms with Gasteiger partial charge in [0.15, 0.2) is 0 Å². The third kappa shape index (κ3) is 7.44. The second-order valence-corrected chi connectivity index (χ2v) is 15.7. The van der Waals surface area contributed by atoms with Gasteiger partial charge in [-0.05, 0) is 64.9 Å². The number of ether oxygens (including phenoxy) is 1. The molecule has 1 aliphatic heterocycles. The zero-order chi connectivity index (χ0) is 35.1. The molecule has 0 radical (unpaired) electrons. The van der Waals surface area contributed by atoms with Gasteiger partial charge in [0.05, 0.1) is 12.1 Å². The molecule has 6 amide bonds. The van der Waals surface area contributed by atoms with E-state index in [0.717, 1.165) is 24.0 Å². The van der Waals surface area contributed by atoms with Crippen LogP contribution < -0.4 is 27.0 Å². The number of urea groups is 1. The molecule has 2 unspecified atom stereocenters. The number of carbonyl (C=O) groups is 6. The summed E-state index contributed by atoms with van der Waals surface area (Å²) in [6.07, 6.45) is 2.66. The van der Waals surface area contributed by atoms with Crippen molar-refractivity contribution in [1.29, 1.82) is 0 Å². The Labute approximate surface area is 281 Å². The molecule has 1 saturated heterocycles. The van der Waals surface area contributed by atoms with Crippen LogP contribution in [0.5, 0.6) is 0 Å². The van der Waals surface area contributed by atoms with Crippen LogP contribution >= 0.6 is 0 Å². The molecule has 262 valence electrons. The number of amides is 6. The van der Waals surface area contributed by atoms with Crippen LogP contribution in [0.2, 0.25) is 0 Å². The van der Waals surface area contributed by atoms with Crippen molar-refractivity contribution in [3.05, 3.63) is 35.4 Å². The molecule has 6 N–H and O–H groups in total. The quantitative estimate of drug-likeness (QED) is 0.210. The van der Waals surface area contributed by atoms with Crippen molar-refractivity contribution in [2.24, 2.45) is 40.2 Å². The van der Waals surface area contributed by atoms with Gasteiger partial charge in [0.1, 0.15) is 18.7 Å². The number of nitrogens with two attached hydrogens (primary N) is 1. The molecule has 6 atom stereocenters. The van der Waals surface area contributed by atoms with Crippen molar-refractivity contribution >= 4 is 35.6 Å². The summed E-state index contributed by atoms with van der Waals surface area (Å²) >= 11 is 0. The van der Waals surface area contributed by atoms with Crippen molar-refractivity contribution in [3.8, 4) is 0 Å². The average Bonchev–Trinajstić information content (AvgIpc) is 3.78. The first-order valence-corrected chi connectivity index (χ1v) is 17.0. The Balaban J connectivity index is 1.39. The van der Waals surface area contributed by atoms with Crippen molar-refractivity contribution in [3.63, 3.8) is 0 Å². The number of piperidine rings is 1. The molecule has 13 nitrogen and oxygen atoms in total. The highest BCUT2D eigenvalue weighted by Gasteiger charge is 2.70. The fourth-order valence-electron chi connectivity index (χ4n) is 7.63. The summed E-state index contributed by atoms with van der Waals surface area (Å²) in [5.41, 5.74) is 6.84. The number of likely N-dealkylation sites (tertiary alicyclic amines) is 1. The Morgan fingerprint density at radius 3 is 2.17 bits per heavy atom. The molecule has 2 saturated carbocycles. The van der Waals surface area contributed by atoms with Crippen LogP contribution in [0.1, 0.15) is 65.0 Å². The van der Waals surface area contributed by atoms with Gasteiger partial charge in [-0.3, -0.25) is 19.2 Å². The second kappa shape index (κ2) is 13.4. The fraction of sp³-hybridized carbons (Fsp3) is 0.657. The van der Waals surface area contributed by atoms with Gasteiger partial charge in [-0.25, -0.2) is 9.59 Å². The molecule has 4 aliphatic rings. The van der Waals surface area contributed by atoms with Crippen molar-refractivity contribution in [1.82, 2.24) is 26.2 Å². The number of ketones is 1. The van der Waals surface area contributed by atoms with Gasteiger partial charge in [-0.1, -0.05) is 71.7 Å². The summed E-state index contributed by atoms with van der Waals surface area (Å²) in [5, 5.41) is 11.0. The first kappa shape index (κ1) is 35.2. The third-order valence-electron chi connectivity index (χ3n) is 10.9. The predicted octanol–water partition coefficient (Wildman–Crippen LogP) is 1.66. The number of alkyl carbamates (subject to hydrolysis) is 1. The van der Waals surface area contributed by atoms with E-state index in [9.17, 15) is 28.8 Å². The Bertz CT molecular complexity index is 1440. The van der Waals surface area contributed by atoms with Crippen LogP contribution in [0, 0.1) is 34.5 Å². The molecule has 5 rings (SSSR count). The summed E-state index contributed by atoms with van der Waals surface area (Å²) in [6, 6.07) is 3.87. The number of nitrogens with zero attached hydrogens (tertiary/aromatic N) is 1. The second-order valence-electron chi connectivity index (χ2n) is 15.7. The lowest BCUT2D eigenvalue weighted by molar-refractivity contribution is -0.144. The minimum absolute atomic E-state index is 0.0632. The van der Waals surface area contributed by atoms with Crippen LogP contribution in [0.4, 0.5) is 9.59 Å². The molecule has 0 spiro atoms. The zero-order valence-corrected chi connectivity index (χ0v) is 28.8. The zero-order valence-electron chi connectivity index (χ0n) is 28.8. The number of primary amides is 1. The molecule has 3 aliphatic carbocycles. The van der Waals surface area contributed by atoms with E-state index in [1.54, 1.807) is 4.90 Å². The van der Waals surface area contributed by atoms with E-state index in [2.05, 4.69) is 35.1 Å². The number of fused-ring (bicyclic) bond motifs is 2. The van der Waals surface area contributed by atoms with Crippen LogP contribution in [0.15, 0.2) is 24.3 Å². The van der Waals surface area contributed by atoms with Crippen LogP contribution in [-0.2, 0) is 36.8 Å². The number of benzene rings is 1. The van der Waals surface area contributed by atoms with Crippen LogP contribution in [0.25, 0.3) is 0 Å². The standard InChI is InChI=1S/C35H50N6O7/c1-34(2,3)24(17-48-33(47)37-6)39-32(46)40-26(21-14-19-9-7-8-10-20(19)15-21)31(45)41-16-22-25(35(22,4)5)27(41)30(44)38-23(13-18-11-12-18)28(42)29(36)43/h7-10,18,21-27H,11-17H2,1-6H3,(H2,36,43)(H,37,47)(H,38,44)(H2,39,40,46)/t22-,23?,24?,25-,26-,27-/m0/s1. The van der Waals surface area contributed by atoms with E-state index in [4.69, 9.17) is 10.5 Å². The van der Waals surface area contributed by atoms with Gasteiger partial charge in [0.25, 0.3) is 5.91 Å². The van der Waals surface area contributed by atoms with Gasteiger partial charge in [-0.15, -0.1) is 0 Å². The van der Waals surface area contributed by atoms with E-state index in [1.807, 2.05) is 45.0 Å². The summed E-state index contributed by atoms with van der Waals surface area (Å²) in [7, 11) is 1.45. The topological polar surface area (TPSA) is 189 Å². The maximum atomic E-state index is 14.6. The number of carbonyl (C=O) groups excluding carboxylic acids is 6. The molecular weight excluding hydrogens is 616 g/mol. The number of nitrogens with one attached hydrogen (secondary N) is 4. The first-order valence-electron chi connectivity index (χ1n) is 17.0. The maximum Gasteiger partial charge on any atom is 0.406 e. The monoisotopic (exact) mass is 666 g/mol. The molecule has 1 aromatic rings. The van der Waals surface area contributed by atoms with Gasteiger partial charge >= 0.3 is 12.1 Å². The molecule has 1 aromatic carbocycles.